The zero-order chi connectivity index (χ0) is 19.2. The summed E-state index contributed by atoms with van der Waals surface area (Å²) in [6, 6.07) is 15.2. The topological polar surface area (TPSA) is 50.8 Å². The molecule has 1 atom stereocenters. The van der Waals surface area contributed by atoms with Crippen LogP contribution in [0.1, 0.15) is 41.7 Å². The molecule has 0 bridgehead atoms. The monoisotopic (exact) mass is 368 g/mol. The lowest BCUT2D eigenvalue weighted by atomic mass is 10.1. The second-order valence-corrected chi connectivity index (χ2v) is 7.09. The van der Waals surface area contributed by atoms with Crippen molar-refractivity contribution < 1.29 is 14.3 Å². The lowest BCUT2D eigenvalue weighted by Gasteiger charge is -2.29. The number of methoxy groups -OCH3 is 1. The molecular weight excluding hydrogens is 340 g/mol. The number of hydrogen-bond acceptors (Lipinski definition) is 4. The highest BCUT2D eigenvalue weighted by molar-refractivity contribution is 5.95. The van der Waals surface area contributed by atoms with Gasteiger partial charge in [0.1, 0.15) is 6.10 Å². The first-order valence-electron chi connectivity index (χ1n) is 9.46. The molecule has 1 aliphatic heterocycles. The van der Waals surface area contributed by atoms with Crippen molar-refractivity contribution in [3.8, 4) is 11.5 Å². The minimum atomic E-state index is -0.129. The second-order valence-electron chi connectivity index (χ2n) is 7.09. The van der Waals surface area contributed by atoms with Gasteiger partial charge in [-0.3, -0.25) is 4.79 Å². The minimum absolute atomic E-state index is 0.0696. The minimum Gasteiger partial charge on any atom is -0.493 e. The number of amides is 1. The lowest BCUT2D eigenvalue weighted by Crippen LogP contribution is -2.35. The van der Waals surface area contributed by atoms with Crippen LogP contribution in [0.15, 0.2) is 48.5 Å². The van der Waals surface area contributed by atoms with E-state index in [1.807, 2.05) is 43.3 Å². The Balaban J connectivity index is 1.67. The van der Waals surface area contributed by atoms with Gasteiger partial charge in [0, 0.05) is 18.7 Å². The van der Waals surface area contributed by atoms with Crippen LogP contribution in [0, 0.1) is 0 Å². The Hall–Kier alpha value is -2.53. The van der Waals surface area contributed by atoms with Crippen LogP contribution < -0.4 is 14.8 Å². The third-order valence-corrected chi connectivity index (χ3v) is 5.03. The molecule has 1 N–H and O–H groups in total. The summed E-state index contributed by atoms with van der Waals surface area (Å²) >= 11 is 0. The zero-order valence-corrected chi connectivity index (χ0v) is 16.3. The van der Waals surface area contributed by atoms with Crippen LogP contribution in [-0.4, -0.2) is 44.2 Å². The third kappa shape index (κ3) is 5.01. The molecule has 3 rings (SSSR count). The number of nitrogens with one attached hydrogen (secondary N) is 1. The molecule has 2 aromatic carbocycles. The van der Waals surface area contributed by atoms with Gasteiger partial charge in [-0.1, -0.05) is 30.3 Å². The Bertz CT molecular complexity index is 755. The molecule has 27 heavy (non-hydrogen) atoms. The summed E-state index contributed by atoms with van der Waals surface area (Å²) in [5.74, 6) is 1.16. The van der Waals surface area contributed by atoms with E-state index < -0.39 is 0 Å². The maximum atomic E-state index is 12.6. The Labute approximate surface area is 161 Å². The van der Waals surface area contributed by atoms with Crippen molar-refractivity contribution in [2.24, 2.45) is 0 Å². The fourth-order valence-corrected chi connectivity index (χ4v) is 3.29. The highest BCUT2D eigenvalue weighted by Gasteiger charge is 2.20. The summed E-state index contributed by atoms with van der Waals surface area (Å²) in [5, 5.41) is 3.03. The Morgan fingerprint density at radius 1 is 1.11 bits per heavy atom. The molecule has 1 amide bonds. The maximum absolute atomic E-state index is 12.6. The lowest BCUT2D eigenvalue weighted by molar-refractivity contribution is 0.0939. The fraction of sp³-hybridized carbons (Fsp3) is 0.409. The first-order valence-corrected chi connectivity index (χ1v) is 9.46. The first kappa shape index (κ1) is 19.2. The molecule has 1 fully saturated rings. The van der Waals surface area contributed by atoms with Crippen LogP contribution in [-0.2, 0) is 0 Å². The summed E-state index contributed by atoms with van der Waals surface area (Å²) in [7, 11) is 3.73. The van der Waals surface area contributed by atoms with Gasteiger partial charge in [0.05, 0.1) is 13.2 Å². The van der Waals surface area contributed by atoms with E-state index >= 15 is 0 Å². The van der Waals surface area contributed by atoms with E-state index in [2.05, 4.69) is 17.3 Å². The Morgan fingerprint density at radius 3 is 2.48 bits per heavy atom. The molecule has 0 aromatic heterocycles. The van der Waals surface area contributed by atoms with Crippen molar-refractivity contribution in [3.63, 3.8) is 0 Å². The number of benzene rings is 2. The van der Waals surface area contributed by atoms with Gasteiger partial charge in [0.2, 0.25) is 0 Å². The average molecular weight is 368 g/mol. The average Bonchev–Trinajstić information content (AvgIpc) is 2.70. The van der Waals surface area contributed by atoms with Crippen molar-refractivity contribution in [3.05, 3.63) is 59.7 Å². The van der Waals surface area contributed by atoms with Gasteiger partial charge < -0.3 is 19.7 Å². The number of piperidine rings is 1. The Morgan fingerprint density at radius 2 is 1.81 bits per heavy atom. The van der Waals surface area contributed by atoms with Crippen LogP contribution in [0.2, 0.25) is 0 Å². The SMILES string of the molecule is COc1cc(C(=O)N[C@@H](C)c2ccccc2)ccc1OC1CCN(C)CC1. The van der Waals surface area contributed by atoms with E-state index in [-0.39, 0.29) is 18.1 Å². The van der Waals surface area contributed by atoms with E-state index in [1.165, 1.54) is 0 Å². The molecular formula is C22H28N2O3. The van der Waals surface area contributed by atoms with Crippen LogP contribution in [0.3, 0.4) is 0 Å². The van der Waals surface area contributed by atoms with Gasteiger partial charge in [-0.25, -0.2) is 0 Å². The largest absolute Gasteiger partial charge is 0.493 e. The summed E-state index contributed by atoms with van der Waals surface area (Å²) in [4.78, 5) is 14.9. The molecule has 0 radical (unpaired) electrons. The molecule has 144 valence electrons. The predicted molar refractivity (Wildman–Crippen MR) is 106 cm³/mol. The number of likely N-dealkylation sites (tertiary alicyclic amines) is 1. The van der Waals surface area contributed by atoms with Crippen LogP contribution in [0.4, 0.5) is 0 Å². The summed E-state index contributed by atoms with van der Waals surface area (Å²) in [5.41, 5.74) is 1.63. The Kier molecular flexibility index (Phi) is 6.35. The summed E-state index contributed by atoms with van der Waals surface area (Å²) < 4.78 is 11.6. The molecule has 5 nitrogen and oxygen atoms in total. The van der Waals surface area contributed by atoms with Crippen molar-refractivity contribution in [2.75, 3.05) is 27.2 Å². The third-order valence-electron chi connectivity index (χ3n) is 5.03. The molecule has 5 heteroatoms. The van der Waals surface area contributed by atoms with Crippen molar-refractivity contribution in [2.45, 2.75) is 31.9 Å². The smallest absolute Gasteiger partial charge is 0.251 e. The first-order chi connectivity index (χ1) is 13.1. The number of nitrogens with zero attached hydrogens (tertiary/aromatic N) is 1. The molecule has 1 saturated heterocycles. The van der Waals surface area contributed by atoms with Gasteiger partial charge in [-0.05, 0) is 50.6 Å². The molecule has 0 saturated carbocycles. The van der Waals surface area contributed by atoms with E-state index in [0.717, 1.165) is 31.5 Å². The van der Waals surface area contributed by atoms with Gasteiger partial charge in [-0.15, -0.1) is 0 Å². The quantitative estimate of drug-likeness (QED) is 0.845. The maximum Gasteiger partial charge on any atom is 0.251 e. The number of carbonyl (C=O) groups excluding carboxylic acids is 1. The molecule has 0 aliphatic carbocycles. The van der Waals surface area contributed by atoms with Crippen LogP contribution >= 0.6 is 0 Å². The highest BCUT2D eigenvalue weighted by Crippen LogP contribution is 2.30. The summed E-state index contributed by atoms with van der Waals surface area (Å²) in [6.07, 6.45) is 2.18. The number of carbonyl (C=O) groups is 1. The molecule has 1 aliphatic rings. The number of ether oxygens (including phenoxy) is 2. The van der Waals surface area contributed by atoms with Gasteiger partial charge in [0.25, 0.3) is 5.91 Å². The van der Waals surface area contributed by atoms with Gasteiger partial charge in [-0.2, -0.15) is 0 Å². The van der Waals surface area contributed by atoms with Gasteiger partial charge in [0.15, 0.2) is 11.5 Å². The highest BCUT2D eigenvalue weighted by atomic mass is 16.5. The van der Waals surface area contributed by atoms with Crippen LogP contribution in [0.5, 0.6) is 11.5 Å². The van der Waals surface area contributed by atoms with Crippen molar-refractivity contribution in [1.29, 1.82) is 0 Å². The fourth-order valence-electron chi connectivity index (χ4n) is 3.29. The van der Waals surface area contributed by atoms with Crippen LogP contribution in [0.25, 0.3) is 0 Å². The standard InChI is InChI=1S/C22H28N2O3/c1-16(17-7-5-4-6-8-17)23-22(25)18-9-10-20(21(15-18)26-3)27-19-11-13-24(2)14-12-19/h4-10,15-16,19H,11-14H2,1-3H3,(H,23,25)/t16-/m0/s1. The van der Waals surface area contributed by atoms with E-state index in [9.17, 15) is 4.79 Å². The van der Waals surface area contributed by atoms with E-state index in [1.54, 1.807) is 19.2 Å². The van der Waals surface area contributed by atoms with Crippen molar-refractivity contribution >= 4 is 5.91 Å². The molecule has 0 spiro atoms. The molecule has 0 unspecified atom stereocenters. The van der Waals surface area contributed by atoms with E-state index in [4.69, 9.17) is 9.47 Å². The second kappa shape index (κ2) is 8.91. The van der Waals surface area contributed by atoms with Crippen molar-refractivity contribution in [1.82, 2.24) is 10.2 Å². The van der Waals surface area contributed by atoms with Gasteiger partial charge >= 0.3 is 0 Å². The number of rotatable bonds is 6. The summed E-state index contributed by atoms with van der Waals surface area (Å²) in [6.45, 7) is 4.04. The molecule has 2 aromatic rings. The zero-order valence-electron chi connectivity index (χ0n) is 16.3. The van der Waals surface area contributed by atoms with E-state index in [0.29, 0.717) is 17.1 Å². The number of hydrogen-bond donors (Lipinski definition) is 1. The normalized spacial score (nSPS) is 16.6. The molecule has 1 heterocycles. The predicted octanol–water partition coefficient (Wildman–Crippen LogP) is 3.66.